The normalized spacial score (nSPS) is 18.5. The Balaban J connectivity index is 1.27. The standard InChI is InChI=1S/C25H26ClFN6O2S/c26-18-11-16(5-6-19(18)27)31-24-22-17-7-10-33(13-20(17)36-25(22)30-14-29-24)21(34)4-2-9-32-8-1-3-15(12-32)23(28)35/h2,4-6,11,14-15H,1,3,7-10,12-13H2,(H2,28,35)(H,29,30,31). The zero-order chi connectivity index (χ0) is 25.2. The largest absolute Gasteiger partial charge is 0.369 e. The van der Waals surface area contributed by atoms with Crippen molar-refractivity contribution in [2.24, 2.45) is 11.7 Å². The molecule has 36 heavy (non-hydrogen) atoms. The van der Waals surface area contributed by atoms with E-state index in [0.29, 0.717) is 44.1 Å². The zero-order valence-corrected chi connectivity index (χ0v) is 21.1. The van der Waals surface area contributed by atoms with E-state index in [1.165, 1.54) is 18.5 Å². The van der Waals surface area contributed by atoms with Crippen LogP contribution in [-0.2, 0) is 22.6 Å². The summed E-state index contributed by atoms with van der Waals surface area (Å²) < 4.78 is 13.5. The van der Waals surface area contributed by atoms with Crippen molar-refractivity contribution >= 4 is 56.5 Å². The number of thiophene rings is 1. The highest BCUT2D eigenvalue weighted by Gasteiger charge is 2.26. The van der Waals surface area contributed by atoms with Crippen molar-refractivity contribution < 1.29 is 14.0 Å². The topological polar surface area (TPSA) is 104 Å². The van der Waals surface area contributed by atoms with Gasteiger partial charge in [-0.1, -0.05) is 17.7 Å². The molecule has 1 atom stereocenters. The number of primary amides is 1. The summed E-state index contributed by atoms with van der Waals surface area (Å²) in [5.41, 5.74) is 7.22. The van der Waals surface area contributed by atoms with Gasteiger partial charge in [0.1, 0.15) is 22.8 Å². The molecule has 11 heteroatoms. The summed E-state index contributed by atoms with van der Waals surface area (Å²) in [5.74, 6) is -0.245. The molecule has 2 amide bonds. The lowest BCUT2D eigenvalue weighted by molar-refractivity contribution is -0.127. The van der Waals surface area contributed by atoms with Gasteiger partial charge in [0.05, 0.1) is 22.9 Å². The quantitative estimate of drug-likeness (QED) is 0.471. The fourth-order valence-electron chi connectivity index (χ4n) is 4.78. The number of anilines is 2. The molecule has 188 valence electrons. The van der Waals surface area contributed by atoms with Crippen LogP contribution in [0.4, 0.5) is 15.9 Å². The van der Waals surface area contributed by atoms with Crippen LogP contribution in [0, 0.1) is 11.7 Å². The van der Waals surface area contributed by atoms with Crippen molar-refractivity contribution in [3.8, 4) is 0 Å². The Hall–Kier alpha value is -3.08. The summed E-state index contributed by atoms with van der Waals surface area (Å²) in [6, 6.07) is 4.44. The summed E-state index contributed by atoms with van der Waals surface area (Å²) in [6.07, 6.45) is 7.44. The Bertz CT molecular complexity index is 1350. The lowest BCUT2D eigenvalue weighted by atomic mass is 9.97. The Morgan fingerprint density at radius 1 is 1.31 bits per heavy atom. The number of benzene rings is 1. The molecule has 0 spiro atoms. The van der Waals surface area contributed by atoms with Crippen molar-refractivity contribution in [1.29, 1.82) is 0 Å². The number of nitrogens with two attached hydrogens (primary N) is 1. The van der Waals surface area contributed by atoms with Gasteiger partial charge in [0.15, 0.2) is 0 Å². The van der Waals surface area contributed by atoms with Crippen LogP contribution in [0.1, 0.15) is 23.3 Å². The first-order valence-electron chi connectivity index (χ1n) is 11.8. The number of piperidine rings is 1. The predicted octanol–water partition coefficient (Wildman–Crippen LogP) is 3.87. The third-order valence-electron chi connectivity index (χ3n) is 6.66. The van der Waals surface area contributed by atoms with Gasteiger partial charge >= 0.3 is 0 Å². The number of hydrogen-bond donors (Lipinski definition) is 2. The molecule has 2 aliphatic rings. The number of carbonyl (C=O) groups is 2. The number of nitrogens with one attached hydrogen (secondary N) is 1. The van der Waals surface area contributed by atoms with Crippen molar-refractivity contribution in [2.75, 3.05) is 31.5 Å². The number of nitrogens with zero attached hydrogens (tertiary/aromatic N) is 4. The molecular formula is C25H26ClFN6O2S. The number of fused-ring (bicyclic) bond motifs is 3. The summed E-state index contributed by atoms with van der Waals surface area (Å²) in [5, 5.41) is 4.19. The number of halogens is 2. The molecule has 5 rings (SSSR count). The first-order chi connectivity index (χ1) is 17.4. The van der Waals surface area contributed by atoms with E-state index >= 15 is 0 Å². The highest BCUT2D eigenvalue weighted by molar-refractivity contribution is 7.19. The van der Waals surface area contributed by atoms with Gasteiger partial charge in [-0.15, -0.1) is 11.3 Å². The minimum absolute atomic E-state index is 0.0350. The first kappa shape index (κ1) is 24.6. The monoisotopic (exact) mass is 528 g/mol. The van der Waals surface area contributed by atoms with Crippen LogP contribution < -0.4 is 11.1 Å². The van der Waals surface area contributed by atoms with Gasteiger partial charge in [-0.05, 0) is 49.6 Å². The number of likely N-dealkylation sites (tertiary alicyclic amines) is 1. The average Bonchev–Trinajstić information content (AvgIpc) is 3.25. The van der Waals surface area contributed by atoms with Gasteiger partial charge in [0.25, 0.3) is 0 Å². The van der Waals surface area contributed by atoms with Crippen molar-refractivity contribution in [1.82, 2.24) is 19.8 Å². The number of amides is 2. The van der Waals surface area contributed by atoms with Gasteiger partial charge in [-0.2, -0.15) is 0 Å². The van der Waals surface area contributed by atoms with Crippen LogP contribution in [0.25, 0.3) is 10.2 Å². The number of carbonyl (C=O) groups excluding carboxylic acids is 2. The van der Waals surface area contributed by atoms with Crippen molar-refractivity contribution in [2.45, 2.75) is 25.8 Å². The van der Waals surface area contributed by atoms with Gasteiger partial charge in [0.2, 0.25) is 11.8 Å². The zero-order valence-electron chi connectivity index (χ0n) is 19.5. The molecule has 0 radical (unpaired) electrons. The SMILES string of the molecule is NC(=O)C1CCCN(CC=CC(=O)N2CCc3c(sc4ncnc(Nc5ccc(F)c(Cl)c5)c34)C2)C1. The summed E-state index contributed by atoms with van der Waals surface area (Å²) >= 11 is 7.48. The lowest BCUT2D eigenvalue weighted by Gasteiger charge is -2.30. The molecule has 3 aromatic rings. The number of hydrogen-bond acceptors (Lipinski definition) is 7. The molecule has 3 N–H and O–H groups in total. The number of aromatic nitrogens is 2. The molecule has 8 nitrogen and oxygen atoms in total. The van der Waals surface area contributed by atoms with E-state index in [0.717, 1.165) is 40.0 Å². The minimum Gasteiger partial charge on any atom is -0.369 e. The van der Waals surface area contributed by atoms with E-state index in [1.54, 1.807) is 23.5 Å². The maximum Gasteiger partial charge on any atom is 0.246 e. The maximum absolute atomic E-state index is 13.5. The number of rotatable bonds is 6. The van der Waals surface area contributed by atoms with Crippen molar-refractivity contribution in [3.63, 3.8) is 0 Å². The molecule has 1 saturated heterocycles. The van der Waals surface area contributed by atoms with Gasteiger partial charge in [0, 0.05) is 36.3 Å². The predicted molar refractivity (Wildman–Crippen MR) is 139 cm³/mol. The van der Waals surface area contributed by atoms with Crippen LogP contribution in [0.5, 0.6) is 0 Å². The van der Waals surface area contributed by atoms with Crippen LogP contribution in [0.15, 0.2) is 36.7 Å². The lowest BCUT2D eigenvalue weighted by Crippen LogP contribution is -2.41. The third kappa shape index (κ3) is 5.21. The maximum atomic E-state index is 13.5. The summed E-state index contributed by atoms with van der Waals surface area (Å²) in [7, 11) is 0. The average molecular weight is 529 g/mol. The molecule has 0 aliphatic carbocycles. The van der Waals surface area contributed by atoms with Gasteiger partial charge in [-0.25, -0.2) is 14.4 Å². The Morgan fingerprint density at radius 2 is 2.17 bits per heavy atom. The van der Waals surface area contributed by atoms with E-state index in [9.17, 15) is 14.0 Å². The van der Waals surface area contributed by atoms with Crippen molar-refractivity contribution in [3.05, 3.63) is 58.0 Å². The minimum atomic E-state index is -0.479. The van der Waals surface area contributed by atoms with E-state index in [-0.39, 0.29) is 22.8 Å². The highest BCUT2D eigenvalue weighted by Crippen LogP contribution is 2.38. The first-order valence-corrected chi connectivity index (χ1v) is 13.0. The van der Waals surface area contributed by atoms with Crippen LogP contribution in [0.3, 0.4) is 0 Å². The Kier molecular flexibility index (Phi) is 7.17. The molecule has 1 unspecified atom stereocenters. The van der Waals surface area contributed by atoms with E-state index in [1.807, 2.05) is 11.0 Å². The van der Waals surface area contributed by atoms with Crippen LogP contribution in [-0.4, -0.2) is 57.8 Å². The molecule has 2 aromatic heterocycles. The molecule has 4 heterocycles. The Labute approximate surface area is 216 Å². The highest BCUT2D eigenvalue weighted by atomic mass is 35.5. The Morgan fingerprint density at radius 3 is 2.97 bits per heavy atom. The van der Waals surface area contributed by atoms with Crippen LogP contribution >= 0.6 is 22.9 Å². The second-order valence-corrected chi connectivity index (χ2v) is 10.6. The second kappa shape index (κ2) is 10.5. The summed E-state index contributed by atoms with van der Waals surface area (Å²) in [4.78, 5) is 39.1. The molecule has 2 aliphatic heterocycles. The van der Waals surface area contributed by atoms with Crippen LogP contribution in [0.2, 0.25) is 5.02 Å². The molecule has 0 bridgehead atoms. The molecule has 1 aromatic carbocycles. The third-order valence-corrected chi connectivity index (χ3v) is 8.08. The van der Waals surface area contributed by atoms with Gasteiger partial charge in [-0.3, -0.25) is 14.5 Å². The van der Waals surface area contributed by atoms with Gasteiger partial charge < -0.3 is 16.0 Å². The van der Waals surface area contributed by atoms with E-state index in [2.05, 4.69) is 20.2 Å². The fourth-order valence-corrected chi connectivity index (χ4v) is 6.17. The van der Waals surface area contributed by atoms with E-state index in [4.69, 9.17) is 17.3 Å². The molecule has 0 saturated carbocycles. The van der Waals surface area contributed by atoms with E-state index < -0.39 is 5.82 Å². The smallest absolute Gasteiger partial charge is 0.246 e. The summed E-state index contributed by atoms with van der Waals surface area (Å²) in [6.45, 7) is 3.26. The fraction of sp³-hybridized carbons (Fsp3) is 0.360. The molecule has 1 fully saturated rings. The second-order valence-electron chi connectivity index (χ2n) is 9.07. The molecular weight excluding hydrogens is 503 g/mol.